The number of nitrogens with zero attached hydrogens (tertiary/aromatic N) is 3. The second kappa shape index (κ2) is 7.92. The Labute approximate surface area is 162 Å². The van der Waals surface area contributed by atoms with Crippen LogP contribution in [0.5, 0.6) is 0 Å². The summed E-state index contributed by atoms with van der Waals surface area (Å²) in [4.78, 5) is 18.2. The van der Waals surface area contributed by atoms with Gasteiger partial charge in [0.25, 0.3) is 0 Å². The maximum absolute atomic E-state index is 12.1. The van der Waals surface area contributed by atoms with Crippen LogP contribution in [0.2, 0.25) is 0 Å². The van der Waals surface area contributed by atoms with Gasteiger partial charge in [-0.1, -0.05) is 24.3 Å². The van der Waals surface area contributed by atoms with Crippen LogP contribution in [-0.4, -0.2) is 44.9 Å². The van der Waals surface area contributed by atoms with Crippen molar-refractivity contribution in [3.05, 3.63) is 53.7 Å². The molecular weight excluding hydrogens is 338 g/mol. The van der Waals surface area contributed by atoms with Crippen molar-refractivity contribution in [3.8, 4) is 0 Å². The summed E-state index contributed by atoms with van der Waals surface area (Å²) in [5.74, 6) is 1.02. The van der Waals surface area contributed by atoms with E-state index >= 15 is 0 Å². The predicted octanol–water partition coefficient (Wildman–Crippen LogP) is 4.82. The lowest BCUT2D eigenvalue weighted by molar-refractivity contribution is 0.0589. The van der Waals surface area contributed by atoms with Gasteiger partial charge in [0, 0.05) is 25.0 Å². The van der Waals surface area contributed by atoms with Gasteiger partial charge < -0.3 is 4.74 Å². The first kappa shape index (κ1) is 20.6. The van der Waals surface area contributed by atoms with E-state index in [2.05, 4.69) is 32.2 Å². The molecule has 0 N–H and O–H groups in total. The molecule has 0 spiro atoms. The number of carbonyl (C=O) groups is 1. The molecule has 27 heavy (non-hydrogen) atoms. The van der Waals surface area contributed by atoms with E-state index in [0.717, 1.165) is 22.6 Å². The molecular formula is C22H30N3O2+. The van der Waals surface area contributed by atoms with E-state index in [0.29, 0.717) is 4.48 Å². The van der Waals surface area contributed by atoms with E-state index in [-0.39, 0.29) is 6.09 Å². The van der Waals surface area contributed by atoms with E-state index in [4.69, 9.17) is 4.74 Å². The van der Waals surface area contributed by atoms with Crippen molar-refractivity contribution in [2.45, 2.75) is 26.4 Å². The molecule has 0 aliphatic carbocycles. The van der Waals surface area contributed by atoms with E-state index in [9.17, 15) is 4.79 Å². The van der Waals surface area contributed by atoms with E-state index < -0.39 is 5.60 Å². The molecule has 1 aromatic carbocycles. The van der Waals surface area contributed by atoms with Gasteiger partial charge in [-0.3, -0.25) is 9.38 Å². The monoisotopic (exact) mass is 368 g/mol. The van der Waals surface area contributed by atoms with Crippen LogP contribution in [0.15, 0.2) is 42.6 Å². The summed E-state index contributed by atoms with van der Waals surface area (Å²) >= 11 is 0. The van der Waals surface area contributed by atoms with Gasteiger partial charge in [0.1, 0.15) is 5.60 Å². The number of rotatable bonds is 4. The molecule has 0 saturated heterocycles. The number of hydrogen-bond acceptors (Lipinski definition) is 3. The second-order valence-electron chi connectivity index (χ2n) is 8.43. The summed E-state index contributed by atoms with van der Waals surface area (Å²) in [7, 11) is 7.98. The molecule has 0 saturated carbocycles. The maximum atomic E-state index is 12.1. The number of benzene rings is 1. The van der Waals surface area contributed by atoms with Gasteiger partial charge in [-0.05, 0) is 50.1 Å². The van der Waals surface area contributed by atoms with Crippen LogP contribution >= 0.6 is 0 Å². The molecule has 5 nitrogen and oxygen atoms in total. The smallest absolute Gasteiger partial charge is 0.414 e. The number of hydrogen-bond donors (Lipinski definition) is 0. The SMILES string of the molecule is CN(C(=O)OC(C)(C)C)c1ccc(C=Cc2ccc([N+](C)(C)C)nc2)cc1. The molecule has 0 radical (unpaired) electrons. The van der Waals surface area contributed by atoms with Crippen molar-refractivity contribution in [2.24, 2.45) is 0 Å². The lowest BCUT2D eigenvalue weighted by atomic mass is 10.1. The number of aromatic nitrogens is 1. The molecule has 144 valence electrons. The lowest BCUT2D eigenvalue weighted by Gasteiger charge is -2.24. The fourth-order valence-electron chi connectivity index (χ4n) is 2.33. The third-order valence-corrected chi connectivity index (χ3v) is 3.87. The molecule has 1 amide bonds. The lowest BCUT2D eigenvalue weighted by Crippen LogP contribution is -2.35. The molecule has 0 unspecified atom stereocenters. The number of pyridine rings is 1. The number of amides is 1. The first-order valence-corrected chi connectivity index (χ1v) is 8.99. The summed E-state index contributed by atoms with van der Waals surface area (Å²) in [6, 6.07) is 11.9. The van der Waals surface area contributed by atoms with Crippen molar-refractivity contribution in [2.75, 3.05) is 33.1 Å². The first-order valence-electron chi connectivity index (χ1n) is 8.99. The molecule has 1 aromatic heterocycles. The molecule has 2 aromatic rings. The van der Waals surface area contributed by atoms with Gasteiger partial charge in [-0.15, -0.1) is 0 Å². The minimum atomic E-state index is -0.510. The highest BCUT2D eigenvalue weighted by Gasteiger charge is 2.20. The highest BCUT2D eigenvalue weighted by atomic mass is 16.6. The first-order chi connectivity index (χ1) is 12.5. The summed E-state index contributed by atoms with van der Waals surface area (Å²) in [6.45, 7) is 5.57. The Bertz CT molecular complexity index is 795. The summed E-state index contributed by atoms with van der Waals surface area (Å²) in [5, 5.41) is 0. The average Bonchev–Trinajstić information content (AvgIpc) is 2.58. The van der Waals surface area contributed by atoms with Crippen LogP contribution in [0.1, 0.15) is 31.9 Å². The molecule has 0 atom stereocenters. The van der Waals surface area contributed by atoms with Gasteiger partial charge in [0.15, 0.2) is 0 Å². The topological polar surface area (TPSA) is 42.4 Å². The van der Waals surface area contributed by atoms with E-state index in [1.54, 1.807) is 7.05 Å². The fraction of sp³-hybridized carbons (Fsp3) is 0.364. The van der Waals surface area contributed by atoms with Crippen LogP contribution in [0.3, 0.4) is 0 Å². The van der Waals surface area contributed by atoms with Crippen molar-refractivity contribution in [1.29, 1.82) is 0 Å². The zero-order valence-corrected chi connectivity index (χ0v) is 17.4. The highest BCUT2D eigenvalue weighted by molar-refractivity contribution is 5.87. The molecule has 0 aliphatic rings. The van der Waals surface area contributed by atoms with Gasteiger partial charge in [0.2, 0.25) is 5.82 Å². The Morgan fingerprint density at radius 1 is 1.00 bits per heavy atom. The van der Waals surface area contributed by atoms with Crippen molar-refractivity contribution in [1.82, 2.24) is 9.47 Å². The van der Waals surface area contributed by atoms with Crippen LogP contribution in [-0.2, 0) is 4.74 Å². The highest BCUT2D eigenvalue weighted by Crippen LogP contribution is 2.19. The average molecular weight is 369 g/mol. The summed E-state index contributed by atoms with van der Waals surface area (Å²) in [6.07, 6.45) is 5.56. The van der Waals surface area contributed by atoms with Crippen LogP contribution < -0.4 is 9.38 Å². The minimum Gasteiger partial charge on any atom is -0.443 e. The number of anilines is 1. The third kappa shape index (κ3) is 6.22. The Hall–Kier alpha value is -2.66. The van der Waals surface area contributed by atoms with Gasteiger partial charge in [-0.25, -0.2) is 9.78 Å². The molecule has 5 heteroatoms. The predicted molar refractivity (Wildman–Crippen MR) is 114 cm³/mol. The van der Waals surface area contributed by atoms with Crippen molar-refractivity contribution >= 4 is 29.8 Å². The Morgan fingerprint density at radius 3 is 2.04 bits per heavy atom. The van der Waals surface area contributed by atoms with Crippen LogP contribution in [0.25, 0.3) is 12.2 Å². The van der Waals surface area contributed by atoms with Crippen molar-refractivity contribution in [3.63, 3.8) is 0 Å². The number of quaternary nitrogens is 1. The molecule has 2 rings (SSSR count). The third-order valence-electron chi connectivity index (χ3n) is 3.87. The normalized spacial score (nSPS) is 12.3. The van der Waals surface area contributed by atoms with Crippen LogP contribution in [0, 0.1) is 0 Å². The molecule has 0 bridgehead atoms. The van der Waals surface area contributed by atoms with Crippen LogP contribution in [0.4, 0.5) is 16.3 Å². The van der Waals surface area contributed by atoms with E-state index in [1.807, 2.05) is 69.5 Å². The summed E-state index contributed by atoms with van der Waals surface area (Å²) in [5.41, 5.74) is 2.37. The molecule has 1 heterocycles. The molecule has 0 aliphatic heterocycles. The largest absolute Gasteiger partial charge is 0.443 e. The minimum absolute atomic E-state index is 0.366. The Balaban J connectivity index is 2.05. The fourth-order valence-corrected chi connectivity index (χ4v) is 2.33. The summed E-state index contributed by atoms with van der Waals surface area (Å²) < 4.78 is 6.08. The number of ether oxygens (including phenoxy) is 1. The quantitative estimate of drug-likeness (QED) is 0.727. The van der Waals surface area contributed by atoms with Gasteiger partial charge in [-0.2, -0.15) is 0 Å². The zero-order valence-electron chi connectivity index (χ0n) is 17.4. The Kier molecular flexibility index (Phi) is 6.06. The standard InChI is InChI=1S/C22H30N3O2/c1-22(2,3)27-21(26)24(4)19-13-10-17(11-14-19)8-9-18-12-15-20(23-16-18)25(5,6)7/h8-16H,1-7H3/q+1. The zero-order chi connectivity index (χ0) is 20.2. The van der Waals surface area contributed by atoms with E-state index in [1.165, 1.54) is 4.90 Å². The van der Waals surface area contributed by atoms with Gasteiger partial charge >= 0.3 is 6.09 Å². The number of carbonyl (C=O) groups excluding carboxylic acids is 1. The Morgan fingerprint density at radius 2 is 1.56 bits per heavy atom. The van der Waals surface area contributed by atoms with Crippen molar-refractivity contribution < 1.29 is 9.53 Å². The van der Waals surface area contributed by atoms with Gasteiger partial charge in [0.05, 0.1) is 21.1 Å². The second-order valence-corrected chi connectivity index (χ2v) is 8.43. The molecule has 0 fully saturated rings. The maximum Gasteiger partial charge on any atom is 0.414 e.